The highest BCUT2D eigenvalue weighted by atomic mass is 16.5. The summed E-state index contributed by atoms with van der Waals surface area (Å²) in [5.41, 5.74) is 2.58. The molecule has 0 aromatic heterocycles. The number of ether oxygens (including phenoxy) is 2. The van der Waals surface area contributed by atoms with Gasteiger partial charge in [0.05, 0.1) is 14.2 Å². The smallest absolute Gasteiger partial charge is 0.254 e. The number of aryl methyl sites for hydroxylation is 1. The average molecular weight is 299 g/mol. The highest BCUT2D eigenvalue weighted by Gasteiger charge is 2.18. The number of benzene rings is 2. The molecule has 22 heavy (non-hydrogen) atoms. The van der Waals surface area contributed by atoms with Crippen molar-refractivity contribution in [3.63, 3.8) is 0 Å². The van der Waals surface area contributed by atoms with Crippen molar-refractivity contribution in [3.8, 4) is 11.5 Å². The molecule has 2 rings (SSSR count). The first-order valence-electron chi connectivity index (χ1n) is 7.08. The van der Waals surface area contributed by atoms with E-state index in [0.717, 1.165) is 11.1 Å². The fourth-order valence-electron chi connectivity index (χ4n) is 2.35. The third-order valence-electron chi connectivity index (χ3n) is 3.57. The summed E-state index contributed by atoms with van der Waals surface area (Å²) < 4.78 is 10.5. The lowest BCUT2D eigenvalue weighted by Gasteiger charge is -2.19. The Kier molecular flexibility index (Phi) is 5.04. The first-order chi connectivity index (χ1) is 10.6. The highest BCUT2D eigenvalue weighted by molar-refractivity contribution is 5.96. The third-order valence-corrected chi connectivity index (χ3v) is 3.57. The number of carbonyl (C=O) groups is 1. The van der Waals surface area contributed by atoms with Gasteiger partial charge in [-0.1, -0.05) is 30.3 Å². The summed E-state index contributed by atoms with van der Waals surface area (Å²) >= 11 is 0. The molecular weight excluding hydrogens is 278 g/mol. The molecule has 0 fully saturated rings. The maximum absolute atomic E-state index is 12.7. The lowest BCUT2D eigenvalue weighted by atomic mass is 10.1. The van der Waals surface area contributed by atoms with Gasteiger partial charge in [-0.3, -0.25) is 4.79 Å². The number of carbonyl (C=O) groups excluding carboxylic acids is 1. The van der Waals surface area contributed by atoms with Gasteiger partial charge in [0.1, 0.15) is 0 Å². The van der Waals surface area contributed by atoms with E-state index >= 15 is 0 Å². The molecule has 0 unspecified atom stereocenters. The Hall–Kier alpha value is -2.49. The maximum atomic E-state index is 12.7. The predicted octanol–water partition coefficient (Wildman–Crippen LogP) is 3.28. The SMILES string of the molecule is COc1cc(C)c(C(=O)N(C)Cc2ccccc2)cc1OC. The van der Waals surface area contributed by atoms with Gasteiger partial charge in [0, 0.05) is 19.2 Å². The predicted molar refractivity (Wildman–Crippen MR) is 86.5 cm³/mol. The molecule has 0 aliphatic rings. The van der Waals surface area contributed by atoms with E-state index in [1.54, 1.807) is 32.2 Å². The fourth-order valence-corrected chi connectivity index (χ4v) is 2.35. The number of nitrogens with zero attached hydrogens (tertiary/aromatic N) is 1. The quantitative estimate of drug-likeness (QED) is 0.850. The van der Waals surface area contributed by atoms with Crippen LogP contribution in [-0.4, -0.2) is 32.1 Å². The molecule has 0 spiro atoms. The minimum Gasteiger partial charge on any atom is -0.493 e. The monoisotopic (exact) mass is 299 g/mol. The Morgan fingerprint density at radius 1 is 1.05 bits per heavy atom. The summed E-state index contributed by atoms with van der Waals surface area (Å²) in [5.74, 6) is 1.15. The summed E-state index contributed by atoms with van der Waals surface area (Å²) in [6, 6.07) is 13.5. The molecule has 1 amide bonds. The Balaban J connectivity index is 2.25. The maximum Gasteiger partial charge on any atom is 0.254 e. The molecular formula is C18H21NO3. The van der Waals surface area contributed by atoms with E-state index in [-0.39, 0.29) is 5.91 Å². The van der Waals surface area contributed by atoms with Crippen LogP contribution < -0.4 is 9.47 Å². The second-order valence-electron chi connectivity index (χ2n) is 5.17. The molecule has 0 radical (unpaired) electrons. The van der Waals surface area contributed by atoms with E-state index in [1.807, 2.05) is 43.3 Å². The second kappa shape index (κ2) is 6.98. The number of methoxy groups -OCH3 is 2. The van der Waals surface area contributed by atoms with Crippen LogP contribution in [-0.2, 0) is 6.54 Å². The molecule has 0 aliphatic heterocycles. The van der Waals surface area contributed by atoms with Crippen LogP contribution in [0.25, 0.3) is 0 Å². The van der Waals surface area contributed by atoms with E-state index in [4.69, 9.17) is 9.47 Å². The van der Waals surface area contributed by atoms with Crippen molar-refractivity contribution in [2.45, 2.75) is 13.5 Å². The Morgan fingerprint density at radius 2 is 1.64 bits per heavy atom. The van der Waals surface area contributed by atoms with Crippen molar-refractivity contribution >= 4 is 5.91 Å². The van der Waals surface area contributed by atoms with Crippen molar-refractivity contribution < 1.29 is 14.3 Å². The van der Waals surface area contributed by atoms with E-state index in [2.05, 4.69) is 0 Å². The Morgan fingerprint density at radius 3 is 2.23 bits per heavy atom. The normalized spacial score (nSPS) is 10.2. The van der Waals surface area contributed by atoms with Crippen LogP contribution in [0.2, 0.25) is 0 Å². The molecule has 0 heterocycles. The number of hydrogen-bond acceptors (Lipinski definition) is 3. The molecule has 0 bridgehead atoms. The topological polar surface area (TPSA) is 38.8 Å². The van der Waals surface area contributed by atoms with E-state index < -0.39 is 0 Å². The highest BCUT2D eigenvalue weighted by Crippen LogP contribution is 2.30. The Labute approximate surface area is 131 Å². The van der Waals surface area contributed by atoms with Crippen molar-refractivity contribution in [3.05, 3.63) is 59.2 Å². The van der Waals surface area contributed by atoms with Gasteiger partial charge in [-0.15, -0.1) is 0 Å². The van der Waals surface area contributed by atoms with Gasteiger partial charge in [-0.05, 0) is 30.2 Å². The molecule has 116 valence electrons. The zero-order valence-electron chi connectivity index (χ0n) is 13.4. The number of amides is 1. The van der Waals surface area contributed by atoms with Crippen LogP contribution in [0.5, 0.6) is 11.5 Å². The lowest BCUT2D eigenvalue weighted by Crippen LogP contribution is -2.26. The van der Waals surface area contributed by atoms with E-state index in [1.165, 1.54) is 0 Å². The van der Waals surface area contributed by atoms with Crippen LogP contribution in [0.4, 0.5) is 0 Å². The summed E-state index contributed by atoms with van der Waals surface area (Å²) in [7, 11) is 4.95. The van der Waals surface area contributed by atoms with Crippen LogP contribution >= 0.6 is 0 Å². The summed E-state index contributed by atoms with van der Waals surface area (Å²) in [6.07, 6.45) is 0. The second-order valence-corrected chi connectivity index (χ2v) is 5.17. The molecule has 0 aliphatic carbocycles. The van der Waals surface area contributed by atoms with E-state index in [9.17, 15) is 4.79 Å². The van der Waals surface area contributed by atoms with Gasteiger partial charge in [0.15, 0.2) is 11.5 Å². The molecule has 0 N–H and O–H groups in total. The van der Waals surface area contributed by atoms with Gasteiger partial charge in [-0.2, -0.15) is 0 Å². The van der Waals surface area contributed by atoms with Gasteiger partial charge in [0.25, 0.3) is 5.91 Å². The first kappa shape index (κ1) is 15.9. The van der Waals surface area contributed by atoms with Gasteiger partial charge in [-0.25, -0.2) is 0 Å². The minimum atomic E-state index is -0.0395. The fraction of sp³-hybridized carbons (Fsp3) is 0.278. The summed E-state index contributed by atoms with van der Waals surface area (Å²) in [4.78, 5) is 14.4. The van der Waals surface area contributed by atoms with Crippen molar-refractivity contribution in [1.82, 2.24) is 4.90 Å². The van der Waals surface area contributed by atoms with Gasteiger partial charge >= 0.3 is 0 Å². The van der Waals surface area contributed by atoms with Crippen molar-refractivity contribution in [2.75, 3.05) is 21.3 Å². The molecule has 2 aromatic rings. The molecule has 4 heteroatoms. The summed E-state index contributed by atoms with van der Waals surface area (Å²) in [5, 5.41) is 0. The number of rotatable bonds is 5. The van der Waals surface area contributed by atoms with E-state index in [0.29, 0.717) is 23.6 Å². The standard InChI is InChI=1S/C18H21NO3/c1-13-10-16(21-3)17(22-4)11-15(13)18(20)19(2)12-14-8-6-5-7-9-14/h5-11H,12H2,1-4H3. The number of hydrogen-bond donors (Lipinski definition) is 0. The van der Waals surface area contributed by atoms with Gasteiger partial charge < -0.3 is 14.4 Å². The zero-order chi connectivity index (χ0) is 16.1. The third kappa shape index (κ3) is 3.39. The molecule has 0 saturated carbocycles. The van der Waals surface area contributed by atoms with Crippen LogP contribution in [0.15, 0.2) is 42.5 Å². The largest absolute Gasteiger partial charge is 0.493 e. The molecule has 0 saturated heterocycles. The van der Waals surface area contributed by atoms with Gasteiger partial charge in [0.2, 0.25) is 0 Å². The van der Waals surface area contributed by atoms with Crippen molar-refractivity contribution in [1.29, 1.82) is 0 Å². The minimum absolute atomic E-state index is 0.0395. The van der Waals surface area contributed by atoms with Crippen LogP contribution in [0, 0.1) is 6.92 Å². The average Bonchev–Trinajstić information content (AvgIpc) is 2.54. The first-order valence-corrected chi connectivity index (χ1v) is 7.08. The van der Waals surface area contributed by atoms with Crippen LogP contribution in [0.1, 0.15) is 21.5 Å². The zero-order valence-corrected chi connectivity index (χ0v) is 13.4. The molecule has 2 aromatic carbocycles. The molecule has 4 nitrogen and oxygen atoms in total. The summed E-state index contributed by atoms with van der Waals surface area (Å²) in [6.45, 7) is 2.46. The molecule has 0 atom stereocenters. The Bertz CT molecular complexity index is 653. The lowest BCUT2D eigenvalue weighted by molar-refractivity contribution is 0.0784. The van der Waals surface area contributed by atoms with Crippen molar-refractivity contribution in [2.24, 2.45) is 0 Å². The van der Waals surface area contributed by atoms with Crippen LogP contribution in [0.3, 0.4) is 0 Å².